The highest BCUT2D eigenvalue weighted by molar-refractivity contribution is 5.78. The Balaban J connectivity index is 2.51. The Morgan fingerprint density at radius 3 is 2.93 bits per heavy atom. The van der Waals surface area contributed by atoms with Crippen molar-refractivity contribution in [3.8, 4) is 0 Å². The molecule has 1 atom stereocenters. The van der Waals surface area contributed by atoms with E-state index in [0.717, 1.165) is 0 Å². The molecule has 0 radical (unpaired) electrons. The molecule has 0 aliphatic heterocycles. The van der Waals surface area contributed by atoms with Gasteiger partial charge in [-0.05, 0) is 24.6 Å². The lowest BCUT2D eigenvalue weighted by Gasteiger charge is -2.05. The van der Waals surface area contributed by atoms with Gasteiger partial charge < -0.3 is 9.52 Å². The number of hydrogen-bond acceptors (Lipinski definition) is 2. The van der Waals surface area contributed by atoms with Gasteiger partial charge in [0.25, 0.3) is 0 Å². The number of benzene rings is 1. The molecule has 14 heavy (non-hydrogen) atoms. The molecule has 1 aromatic heterocycles. The number of hydrogen-bond donors (Lipinski definition) is 1. The summed E-state index contributed by atoms with van der Waals surface area (Å²) < 4.78 is 18.7. The quantitative estimate of drug-likeness (QED) is 0.796. The molecule has 74 valence electrons. The standard InChI is InChI=1S/C11H11FO2/c1-7(13)6-8-2-3-10-9(11(8)12)4-5-14-10/h2-5,7,13H,6H2,1H3. The second-order valence-corrected chi connectivity index (χ2v) is 3.42. The van der Waals surface area contributed by atoms with Crippen molar-refractivity contribution >= 4 is 11.0 Å². The van der Waals surface area contributed by atoms with Crippen molar-refractivity contribution in [2.45, 2.75) is 19.4 Å². The first kappa shape index (κ1) is 9.21. The highest BCUT2D eigenvalue weighted by Gasteiger charge is 2.10. The molecular formula is C11H11FO2. The number of halogens is 1. The number of furan rings is 1. The third-order valence-electron chi connectivity index (χ3n) is 2.16. The van der Waals surface area contributed by atoms with Crippen LogP contribution in [-0.2, 0) is 6.42 Å². The van der Waals surface area contributed by atoms with Crippen LogP contribution in [0, 0.1) is 5.82 Å². The summed E-state index contributed by atoms with van der Waals surface area (Å²) in [5.41, 5.74) is 1.06. The molecule has 0 fully saturated rings. The van der Waals surface area contributed by atoms with Crippen LogP contribution >= 0.6 is 0 Å². The van der Waals surface area contributed by atoms with Crippen LogP contribution in [0.5, 0.6) is 0 Å². The lowest BCUT2D eigenvalue weighted by molar-refractivity contribution is 0.194. The van der Waals surface area contributed by atoms with Crippen LogP contribution in [0.3, 0.4) is 0 Å². The molecule has 1 aromatic carbocycles. The minimum absolute atomic E-state index is 0.294. The largest absolute Gasteiger partial charge is 0.464 e. The number of aliphatic hydroxyl groups is 1. The summed E-state index contributed by atoms with van der Waals surface area (Å²) in [5, 5.41) is 9.64. The highest BCUT2D eigenvalue weighted by Crippen LogP contribution is 2.22. The Morgan fingerprint density at radius 1 is 1.43 bits per heavy atom. The maximum Gasteiger partial charge on any atom is 0.137 e. The minimum atomic E-state index is -0.533. The van der Waals surface area contributed by atoms with Gasteiger partial charge in [0.15, 0.2) is 0 Å². The van der Waals surface area contributed by atoms with Crippen LogP contribution in [0.15, 0.2) is 28.9 Å². The molecule has 0 saturated heterocycles. The summed E-state index contributed by atoms with van der Waals surface area (Å²) in [4.78, 5) is 0. The Hall–Kier alpha value is -1.35. The van der Waals surface area contributed by atoms with E-state index in [1.807, 2.05) is 0 Å². The highest BCUT2D eigenvalue weighted by atomic mass is 19.1. The molecule has 2 aromatic rings. The number of aliphatic hydroxyl groups excluding tert-OH is 1. The Labute approximate surface area is 81.0 Å². The molecule has 3 heteroatoms. The van der Waals surface area contributed by atoms with Gasteiger partial charge in [0.2, 0.25) is 0 Å². The second kappa shape index (κ2) is 3.42. The summed E-state index contributed by atoms with van der Waals surface area (Å²) >= 11 is 0. The molecular weight excluding hydrogens is 183 g/mol. The lowest BCUT2D eigenvalue weighted by atomic mass is 10.1. The average Bonchev–Trinajstić information content (AvgIpc) is 2.57. The number of rotatable bonds is 2. The fourth-order valence-electron chi connectivity index (χ4n) is 1.53. The smallest absolute Gasteiger partial charge is 0.137 e. The fourth-order valence-corrected chi connectivity index (χ4v) is 1.53. The summed E-state index contributed by atoms with van der Waals surface area (Å²) in [5.74, 6) is -0.294. The molecule has 0 amide bonds. The summed E-state index contributed by atoms with van der Waals surface area (Å²) in [6.45, 7) is 1.64. The topological polar surface area (TPSA) is 33.4 Å². The van der Waals surface area contributed by atoms with Crippen LogP contribution in [0.2, 0.25) is 0 Å². The molecule has 2 nitrogen and oxygen atoms in total. The van der Waals surface area contributed by atoms with Crippen LogP contribution in [0.4, 0.5) is 4.39 Å². The molecule has 1 N–H and O–H groups in total. The van der Waals surface area contributed by atoms with E-state index in [1.54, 1.807) is 25.1 Å². The monoisotopic (exact) mass is 194 g/mol. The molecule has 0 aliphatic carbocycles. The minimum Gasteiger partial charge on any atom is -0.464 e. The van der Waals surface area contributed by atoms with Crippen molar-refractivity contribution in [2.75, 3.05) is 0 Å². The average molecular weight is 194 g/mol. The van der Waals surface area contributed by atoms with Crippen molar-refractivity contribution in [1.82, 2.24) is 0 Å². The van der Waals surface area contributed by atoms with Gasteiger partial charge >= 0.3 is 0 Å². The molecule has 1 heterocycles. The summed E-state index contributed by atoms with van der Waals surface area (Å²) in [6, 6.07) is 4.96. The normalized spacial score (nSPS) is 13.4. The Bertz CT molecular complexity index is 445. The van der Waals surface area contributed by atoms with E-state index in [0.29, 0.717) is 23.0 Å². The predicted molar refractivity (Wildman–Crippen MR) is 51.6 cm³/mol. The van der Waals surface area contributed by atoms with E-state index >= 15 is 0 Å². The van der Waals surface area contributed by atoms with E-state index < -0.39 is 6.10 Å². The second-order valence-electron chi connectivity index (χ2n) is 3.42. The van der Waals surface area contributed by atoms with E-state index in [1.165, 1.54) is 6.26 Å². The summed E-state index contributed by atoms with van der Waals surface area (Å²) in [7, 11) is 0. The first-order valence-electron chi connectivity index (χ1n) is 4.51. The van der Waals surface area contributed by atoms with Crippen LogP contribution in [0.25, 0.3) is 11.0 Å². The van der Waals surface area contributed by atoms with Crippen LogP contribution < -0.4 is 0 Å². The SMILES string of the molecule is CC(O)Cc1ccc2occc2c1F. The van der Waals surface area contributed by atoms with Crippen molar-refractivity contribution in [3.05, 3.63) is 35.8 Å². The number of fused-ring (bicyclic) bond motifs is 1. The fraction of sp³-hybridized carbons (Fsp3) is 0.273. The van der Waals surface area contributed by atoms with Crippen molar-refractivity contribution in [3.63, 3.8) is 0 Å². The van der Waals surface area contributed by atoms with Crippen LogP contribution in [0.1, 0.15) is 12.5 Å². The van der Waals surface area contributed by atoms with Gasteiger partial charge in [-0.25, -0.2) is 4.39 Å². The van der Waals surface area contributed by atoms with Gasteiger partial charge in [-0.15, -0.1) is 0 Å². The van der Waals surface area contributed by atoms with Gasteiger partial charge in [-0.1, -0.05) is 6.07 Å². The maximum atomic E-state index is 13.7. The van der Waals surface area contributed by atoms with Gasteiger partial charge in [0.1, 0.15) is 11.4 Å². The molecule has 0 bridgehead atoms. The Kier molecular flexibility index (Phi) is 2.25. The van der Waals surface area contributed by atoms with E-state index in [2.05, 4.69) is 0 Å². The molecule has 2 rings (SSSR count). The van der Waals surface area contributed by atoms with Gasteiger partial charge in [0.05, 0.1) is 17.8 Å². The molecule has 0 spiro atoms. The zero-order valence-electron chi connectivity index (χ0n) is 7.83. The van der Waals surface area contributed by atoms with Crippen LogP contribution in [-0.4, -0.2) is 11.2 Å². The third kappa shape index (κ3) is 1.51. The van der Waals surface area contributed by atoms with Gasteiger partial charge in [0, 0.05) is 6.42 Å². The molecule has 1 unspecified atom stereocenters. The van der Waals surface area contributed by atoms with E-state index in [9.17, 15) is 4.39 Å². The van der Waals surface area contributed by atoms with Gasteiger partial charge in [-0.3, -0.25) is 0 Å². The zero-order valence-corrected chi connectivity index (χ0v) is 7.83. The van der Waals surface area contributed by atoms with Crippen molar-refractivity contribution in [2.24, 2.45) is 0 Å². The predicted octanol–water partition coefficient (Wildman–Crippen LogP) is 2.50. The first-order chi connectivity index (χ1) is 6.68. The van der Waals surface area contributed by atoms with E-state index in [4.69, 9.17) is 9.52 Å². The zero-order chi connectivity index (χ0) is 10.1. The maximum absolute atomic E-state index is 13.7. The Morgan fingerprint density at radius 2 is 2.21 bits per heavy atom. The van der Waals surface area contributed by atoms with Gasteiger partial charge in [-0.2, -0.15) is 0 Å². The van der Waals surface area contributed by atoms with E-state index in [-0.39, 0.29) is 5.82 Å². The summed E-state index contributed by atoms with van der Waals surface area (Å²) in [6.07, 6.45) is 1.25. The van der Waals surface area contributed by atoms with Crippen molar-refractivity contribution in [1.29, 1.82) is 0 Å². The molecule has 0 saturated carbocycles. The lowest BCUT2D eigenvalue weighted by Crippen LogP contribution is -2.05. The first-order valence-corrected chi connectivity index (χ1v) is 4.51. The molecule has 0 aliphatic rings. The third-order valence-corrected chi connectivity index (χ3v) is 2.16. The van der Waals surface area contributed by atoms with Crippen molar-refractivity contribution < 1.29 is 13.9 Å².